The fraction of sp³-hybridized carbons (Fsp3) is 0.333. The van der Waals surface area contributed by atoms with Crippen LogP contribution in [0.4, 0.5) is 11.5 Å². The van der Waals surface area contributed by atoms with Gasteiger partial charge < -0.3 is 30.7 Å². The van der Waals surface area contributed by atoms with E-state index < -0.39 is 0 Å². The van der Waals surface area contributed by atoms with Crippen LogP contribution in [-0.2, 0) is 13.1 Å². The minimum atomic E-state index is -0.292. The Labute approximate surface area is 320 Å². The smallest absolute Gasteiger partial charge is 0.257 e. The number of nitrogens with zero attached hydrogens (tertiary/aromatic N) is 6. The van der Waals surface area contributed by atoms with Crippen molar-refractivity contribution in [2.75, 3.05) is 84.7 Å². The van der Waals surface area contributed by atoms with E-state index in [9.17, 15) is 4.79 Å². The maximum atomic E-state index is 13.4. The molecule has 2 fully saturated rings. The van der Waals surface area contributed by atoms with Gasteiger partial charge in [0.1, 0.15) is 17.3 Å². The molecule has 0 unspecified atom stereocenters. The molecule has 1 amide bonds. The minimum Gasteiger partial charge on any atom is -0.495 e. The zero-order valence-electron chi connectivity index (χ0n) is 30.2. The van der Waals surface area contributed by atoms with Gasteiger partial charge in [-0.05, 0) is 48.5 Å². The summed E-state index contributed by atoms with van der Waals surface area (Å²) >= 11 is 13.4. The van der Waals surface area contributed by atoms with E-state index in [1.165, 1.54) is 19.8 Å². The summed E-state index contributed by atoms with van der Waals surface area (Å²) in [5.74, 6) is 1.15. The van der Waals surface area contributed by atoms with Crippen LogP contribution in [0.3, 0.4) is 0 Å². The first-order chi connectivity index (χ1) is 25.7. The lowest BCUT2D eigenvalue weighted by Gasteiger charge is -2.32. The van der Waals surface area contributed by atoms with E-state index in [0.717, 1.165) is 71.1 Å². The Bertz CT molecular complexity index is 1970. The Morgan fingerprint density at radius 3 is 2.21 bits per heavy atom. The van der Waals surface area contributed by atoms with Crippen molar-refractivity contribution in [3.8, 4) is 22.6 Å². The maximum absolute atomic E-state index is 13.4. The molecule has 7 rings (SSSR count). The Balaban J connectivity index is 0.000000286. The zero-order chi connectivity index (χ0) is 37.3. The van der Waals surface area contributed by atoms with Crippen LogP contribution in [0.15, 0.2) is 73.2 Å². The van der Waals surface area contributed by atoms with Crippen molar-refractivity contribution in [3.05, 3.63) is 100 Å². The lowest BCUT2D eigenvalue weighted by Crippen LogP contribution is -2.43. The number of nitrogen functional groups attached to an aromatic ring is 1. The third kappa shape index (κ3) is 9.52. The highest BCUT2D eigenvalue weighted by Crippen LogP contribution is 2.47. The number of halogens is 2. The number of anilines is 2. The lowest BCUT2D eigenvalue weighted by molar-refractivity contribution is 0.102. The van der Waals surface area contributed by atoms with Gasteiger partial charge in [-0.25, -0.2) is 4.98 Å². The van der Waals surface area contributed by atoms with Crippen LogP contribution in [0.25, 0.3) is 22.0 Å². The van der Waals surface area contributed by atoms with Gasteiger partial charge in [0.15, 0.2) is 0 Å². The van der Waals surface area contributed by atoms with Crippen molar-refractivity contribution in [3.63, 3.8) is 0 Å². The summed E-state index contributed by atoms with van der Waals surface area (Å²) in [7, 11) is 5.19. The number of ether oxygens (including phenoxy) is 2. The number of hydrogen-bond acceptors (Lipinski definition) is 11. The SMILES string of the molecule is COc1cc(OC)c(Cl)c(-c2ccc(C(=O)Nc3ccc(CN4CCN(C)CC4)nc3)c3ncccc23)c1Cl.Nc1ccc(CN2CCNCC2)cn1. The van der Waals surface area contributed by atoms with E-state index in [4.69, 9.17) is 38.4 Å². The molecule has 2 aromatic carbocycles. The van der Waals surface area contributed by atoms with Crippen molar-refractivity contribution in [1.29, 1.82) is 0 Å². The van der Waals surface area contributed by atoms with Gasteiger partial charge in [-0.2, -0.15) is 0 Å². The number of carbonyl (C=O) groups excluding carboxylic acids is 1. The van der Waals surface area contributed by atoms with Crippen molar-refractivity contribution in [1.82, 2.24) is 35.0 Å². The van der Waals surface area contributed by atoms with Crippen molar-refractivity contribution in [2.45, 2.75) is 13.1 Å². The van der Waals surface area contributed by atoms with E-state index in [-0.39, 0.29) is 5.91 Å². The molecule has 2 aliphatic heterocycles. The molecule has 5 aromatic rings. The quantitative estimate of drug-likeness (QED) is 0.171. The second kappa shape index (κ2) is 18.0. The van der Waals surface area contributed by atoms with E-state index >= 15 is 0 Å². The van der Waals surface area contributed by atoms with Gasteiger partial charge in [-0.15, -0.1) is 0 Å². The van der Waals surface area contributed by atoms with Gasteiger partial charge in [0.05, 0.1) is 52.9 Å². The molecule has 2 aliphatic rings. The third-order valence-corrected chi connectivity index (χ3v) is 10.1. The van der Waals surface area contributed by atoms with Crippen LogP contribution in [0.1, 0.15) is 21.6 Å². The average Bonchev–Trinajstić information content (AvgIpc) is 3.18. The maximum Gasteiger partial charge on any atom is 0.257 e. The van der Waals surface area contributed by atoms with Gasteiger partial charge in [0, 0.05) is 94.9 Å². The molecule has 0 saturated carbocycles. The largest absolute Gasteiger partial charge is 0.495 e. The van der Waals surface area contributed by atoms with E-state index in [1.807, 2.05) is 42.6 Å². The number of fused-ring (bicyclic) bond motifs is 1. The monoisotopic (exact) mass is 757 g/mol. The highest BCUT2D eigenvalue weighted by atomic mass is 35.5. The summed E-state index contributed by atoms with van der Waals surface area (Å²) < 4.78 is 10.9. The number of carbonyl (C=O) groups is 1. The van der Waals surface area contributed by atoms with Crippen LogP contribution in [0.2, 0.25) is 10.0 Å². The summed E-state index contributed by atoms with van der Waals surface area (Å²) in [6.07, 6.45) is 5.19. The molecule has 4 N–H and O–H groups in total. The first-order valence-electron chi connectivity index (χ1n) is 17.5. The Morgan fingerprint density at radius 2 is 1.57 bits per heavy atom. The summed E-state index contributed by atoms with van der Waals surface area (Å²) in [6, 6.07) is 16.6. The molecule has 0 radical (unpaired) electrons. The average molecular weight is 759 g/mol. The van der Waals surface area contributed by atoms with Gasteiger partial charge in [-0.1, -0.05) is 41.4 Å². The Morgan fingerprint density at radius 1 is 0.849 bits per heavy atom. The number of pyridine rings is 3. The van der Waals surface area contributed by atoms with Crippen LogP contribution < -0.4 is 25.8 Å². The van der Waals surface area contributed by atoms with E-state index in [2.05, 4.69) is 47.3 Å². The number of benzene rings is 2. The first-order valence-corrected chi connectivity index (χ1v) is 18.3. The van der Waals surface area contributed by atoms with Crippen LogP contribution in [0, 0.1) is 0 Å². The molecular weight excluding hydrogens is 713 g/mol. The predicted molar refractivity (Wildman–Crippen MR) is 212 cm³/mol. The molecular formula is C39H45Cl2N9O3. The van der Waals surface area contributed by atoms with Crippen LogP contribution in [-0.4, -0.2) is 109 Å². The highest BCUT2D eigenvalue weighted by Gasteiger charge is 2.23. The molecule has 0 aliphatic carbocycles. The van der Waals surface area contributed by atoms with Gasteiger partial charge >= 0.3 is 0 Å². The molecule has 3 aromatic heterocycles. The molecule has 2 saturated heterocycles. The van der Waals surface area contributed by atoms with Crippen LogP contribution >= 0.6 is 23.2 Å². The topological polar surface area (TPSA) is 134 Å². The highest BCUT2D eigenvalue weighted by molar-refractivity contribution is 6.41. The molecule has 0 spiro atoms. The second-order valence-electron chi connectivity index (χ2n) is 13.0. The molecule has 278 valence electrons. The number of nitrogens with one attached hydrogen (secondary N) is 2. The third-order valence-electron chi connectivity index (χ3n) is 9.38. The number of likely N-dealkylation sites (N-methyl/N-ethyl adjacent to an activating group) is 1. The second-order valence-corrected chi connectivity index (χ2v) is 13.8. The fourth-order valence-electron chi connectivity index (χ4n) is 6.38. The summed E-state index contributed by atoms with van der Waals surface area (Å²) in [4.78, 5) is 33.7. The summed E-state index contributed by atoms with van der Waals surface area (Å²) in [5, 5.41) is 7.68. The normalized spacial score (nSPS) is 15.4. The molecule has 0 bridgehead atoms. The Kier molecular flexibility index (Phi) is 12.9. The number of methoxy groups -OCH3 is 2. The Hall–Kier alpha value is -4.56. The standard InChI is InChI=1S/C29H29Cl2N5O3.C10H16N4/c1-35-11-13-36(14-12-35)17-19-7-6-18(16-33-19)34-29(37)22-9-8-20(21-5-4-10-32-28(21)22)25-26(30)23(38-2)15-24(39-3)27(25)31;11-10-2-1-9(7-13-10)8-14-5-3-12-4-6-14/h4-10,15-16H,11-14,17H2,1-3H3,(H,34,37);1-2,7,12H,3-6,8H2,(H2,11,13). The molecule has 53 heavy (non-hydrogen) atoms. The number of aromatic nitrogens is 3. The minimum absolute atomic E-state index is 0.292. The van der Waals surface area contributed by atoms with Gasteiger partial charge in [-0.3, -0.25) is 24.6 Å². The van der Waals surface area contributed by atoms with Gasteiger partial charge in [0.2, 0.25) is 0 Å². The number of piperazine rings is 2. The number of amides is 1. The molecule has 0 atom stereocenters. The number of rotatable bonds is 9. The molecule has 12 nitrogen and oxygen atoms in total. The first kappa shape index (κ1) is 38.2. The molecule has 5 heterocycles. The van der Waals surface area contributed by atoms with E-state index in [0.29, 0.717) is 60.6 Å². The van der Waals surface area contributed by atoms with Crippen molar-refractivity contribution >= 4 is 51.5 Å². The number of nitrogens with two attached hydrogens (primary N) is 1. The molecule has 14 heteroatoms. The fourth-order valence-corrected chi connectivity index (χ4v) is 7.08. The number of hydrogen-bond donors (Lipinski definition) is 3. The zero-order valence-corrected chi connectivity index (χ0v) is 31.8. The van der Waals surface area contributed by atoms with Gasteiger partial charge in [0.25, 0.3) is 5.91 Å². The summed E-state index contributed by atoms with van der Waals surface area (Å²) in [5.41, 5.74) is 10.5. The van der Waals surface area contributed by atoms with Crippen molar-refractivity contribution < 1.29 is 14.3 Å². The van der Waals surface area contributed by atoms with Crippen molar-refractivity contribution in [2.24, 2.45) is 0 Å². The predicted octanol–water partition coefficient (Wildman–Crippen LogP) is 5.69. The summed E-state index contributed by atoms with van der Waals surface area (Å²) in [6.45, 7) is 10.3. The van der Waals surface area contributed by atoms with Crippen LogP contribution in [0.5, 0.6) is 11.5 Å². The van der Waals surface area contributed by atoms with E-state index in [1.54, 1.807) is 30.6 Å². The lowest BCUT2D eigenvalue weighted by atomic mass is 9.96.